The van der Waals surface area contributed by atoms with Crippen molar-refractivity contribution in [3.63, 3.8) is 0 Å². The van der Waals surface area contributed by atoms with Gasteiger partial charge in [0, 0.05) is 24.6 Å². The number of carbonyl (C=O) groups excluding carboxylic acids is 1. The summed E-state index contributed by atoms with van der Waals surface area (Å²) in [4.78, 5) is 11.4. The molecule has 3 nitrogen and oxygen atoms in total. The third kappa shape index (κ3) is 4.48. The molecule has 0 aliphatic heterocycles. The minimum absolute atomic E-state index is 0.0589. The van der Waals surface area contributed by atoms with Gasteiger partial charge in [-0.1, -0.05) is 18.1 Å². The summed E-state index contributed by atoms with van der Waals surface area (Å²) in [5, 5.41) is 2.46. The highest BCUT2D eigenvalue weighted by Gasteiger charge is 2.10. The first-order valence-electron chi connectivity index (χ1n) is 5.98. The lowest BCUT2D eigenvalue weighted by Gasteiger charge is -2.08. The van der Waals surface area contributed by atoms with Crippen LogP contribution in [-0.2, 0) is 4.74 Å². The van der Waals surface area contributed by atoms with E-state index in [1.54, 1.807) is 0 Å². The molecule has 0 heterocycles. The highest BCUT2D eigenvalue weighted by molar-refractivity contribution is 5.94. The minimum Gasteiger partial charge on any atom is -0.368 e. The van der Waals surface area contributed by atoms with Crippen molar-refractivity contribution in [2.24, 2.45) is 0 Å². The lowest BCUT2D eigenvalue weighted by molar-refractivity contribution is 0.0963. The smallest absolute Gasteiger partial charge is 0.274 e. The molecule has 0 aromatic heterocycles. The second-order valence-corrected chi connectivity index (χ2v) is 3.90. The minimum atomic E-state index is -1.76. The Bertz CT molecular complexity index is 526. The summed E-state index contributed by atoms with van der Waals surface area (Å²) in [7, 11) is 1.51. The third-order valence-corrected chi connectivity index (χ3v) is 2.63. The first-order chi connectivity index (χ1) is 9.60. The number of ether oxygens (including phenoxy) is 1. The summed E-state index contributed by atoms with van der Waals surface area (Å²) in [5.74, 6) is 2.00. The van der Waals surface area contributed by atoms with Gasteiger partial charge in [-0.2, -0.15) is 8.78 Å². The molecule has 20 heavy (non-hydrogen) atoms. The summed E-state index contributed by atoms with van der Waals surface area (Å²) in [5.41, 5.74) is 0.672. The number of amides is 1. The molecule has 0 bridgehead atoms. The summed E-state index contributed by atoms with van der Waals surface area (Å²) in [6, 6.07) is 5.97. The second kappa shape index (κ2) is 8.08. The van der Waals surface area contributed by atoms with E-state index in [9.17, 15) is 13.6 Å². The molecule has 0 aliphatic rings. The average molecular weight is 279 g/mol. The van der Waals surface area contributed by atoms with Crippen LogP contribution >= 0.6 is 0 Å². The van der Waals surface area contributed by atoms with E-state index in [-0.39, 0.29) is 31.1 Å². The number of benzene rings is 1. The van der Waals surface area contributed by atoms with Gasteiger partial charge in [0.15, 0.2) is 0 Å². The van der Waals surface area contributed by atoms with Gasteiger partial charge in [0.2, 0.25) is 0 Å². The molecule has 0 fully saturated rings. The number of halogens is 2. The maximum atomic E-state index is 12.9. The highest BCUT2D eigenvalue weighted by Crippen LogP contribution is 2.24. The second-order valence-electron chi connectivity index (χ2n) is 3.90. The van der Waals surface area contributed by atoms with Gasteiger partial charge in [-0.15, -0.1) is 6.42 Å². The van der Waals surface area contributed by atoms with Crippen molar-refractivity contribution in [1.82, 2.24) is 5.32 Å². The Morgan fingerprint density at radius 3 is 2.40 bits per heavy atom. The Morgan fingerprint density at radius 1 is 1.30 bits per heavy atom. The van der Waals surface area contributed by atoms with Crippen LogP contribution in [0.4, 0.5) is 8.78 Å². The first-order valence-corrected chi connectivity index (χ1v) is 5.98. The van der Waals surface area contributed by atoms with E-state index in [0.29, 0.717) is 11.1 Å². The van der Waals surface area contributed by atoms with Crippen LogP contribution in [0.1, 0.15) is 22.3 Å². The largest absolute Gasteiger partial charge is 0.368 e. The molecule has 1 rings (SSSR count). The topological polar surface area (TPSA) is 38.3 Å². The van der Waals surface area contributed by atoms with Crippen molar-refractivity contribution in [3.8, 4) is 12.3 Å². The molecule has 0 radical (unpaired) electrons. The van der Waals surface area contributed by atoms with Gasteiger partial charge in [0.25, 0.3) is 12.0 Å². The van der Waals surface area contributed by atoms with Crippen molar-refractivity contribution in [2.45, 2.75) is 6.42 Å². The van der Waals surface area contributed by atoms with Crippen molar-refractivity contribution < 1.29 is 18.3 Å². The molecule has 0 atom stereocenters. The molecular formula is C15H15F2NO2. The van der Waals surface area contributed by atoms with Gasteiger partial charge in [-0.25, -0.2) is 0 Å². The van der Waals surface area contributed by atoms with Gasteiger partial charge in [0.05, 0.1) is 6.61 Å². The Kier molecular flexibility index (Phi) is 6.41. The van der Waals surface area contributed by atoms with Gasteiger partial charge in [-0.05, 0) is 17.7 Å². The predicted octanol–water partition coefficient (Wildman–Crippen LogP) is 2.69. The zero-order valence-corrected chi connectivity index (χ0v) is 11.1. The Balaban J connectivity index is 2.81. The number of hydrogen-bond acceptors (Lipinski definition) is 2. The average Bonchev–Trinajstić information content (AvgIpc) is 2.46. The third-order valence-electron chi connectivity index (χ3n) is 2.63. The number of nitrogens with one attached hydrogen (secondary N) is 1. The molecular weight excluding hydrogens is 264 g/mol. The van der Waals surface area contributed by atoms with Crippen molar-refractivity contribution in [2.75, 3.05) is 20.3 Å². The fourth-order valence-electron chi connectivity index (χ4n) is 1.62. The Hall–Kier alpha value is -2.19. The quantitative estimate of drug-likeness (QED) is 0.642. The zero-order chi connectivity index (χ0) is 15.0. The van der Waals surface area contributed by atoms with E-state index >= 15 is 0 Å². The zero-order valence-electron chi connectivity index (χ0n) is 11.1. The van der Waals surface area contributed by atoms with Crippen LogP contribution in [0, 0.1) is 12.3 Å². The highest BCUT2D eigenvalue weighted by atomic mass is 19.3. The van der Waals surface area contributed by atoms with E-state index in [1.165, 1.54) is 31.3 Å². The van der Waals surface area contributed by atoms with Crippen LogP contribution in [-0.4, -0.2) is 26.2 Å². The molecule has 106 valence electrons. The maximum Gasteiger partial charge on any atom is 0.274 e. The summed E-state index contributed by atoms with van der Waals surface area (Å²) >= 11 is 0. The van der Waals surface area contributed by atoms with Gasteiger partial charge >= 0.3 is 0 Å². The van der Waals surface area contributed by atoms with Crippen LogP contribution in [0.3, 0.4) is 0 Å². The first kappa shape index (κ1) is 15.9. The van der Waals surface area contributed by atoms with Crippen molar-refractivity contribution in [1.29, 1.82) is 0 Å². The molecule has 5 heteroatoms. The fraction of sp³-hybridized carbons (Fsp3) is 0.267. The molecule has 1 aromatic rings. The standard InChI is InChI=1S/C15H15F2NO2/c1-3-9-20-10-8-13(14(16)17)11-4-6-12(7-5-11)15(19)18-2/h1,4-7H,8-10H2,2H3,(H,18,19). The number of hydrogen-bond donors (Lipinski definition) is 1. The van der Waals surface area contributed by atoms with Crippen molar-refractivity contribution >= 4 is 11.5 Å². The van der Waals surface area contributed by atoms with Gasteiger partial charge in [0.1, 0.15) is 6.61 Å². The van der Waals surface area contributed by atoms with Crippen LogP contribution in [0.5, 0.6) is 0 Å². The maximum absolute atomic E-state index is 12.9. The number of carbonyl (C=O) groups is 1. The molecule has 0 unspecified atom stereocenters. The lowest BCUT2D eigenvalue weighted by atomic mass is 10.0. The van der Waals surface area contributed by atoms with Crippen LogP contribution in [0.2, 0.25) is 0 Å². The van der Waals surface area contributed by atoms with Crippen LogP contribution in [0.25, 0.3) is 5.57 Å². The summed E-state index contributed by atoms with van der Waals surface area (Å²) < 4.78 is 30.8. The molecule has 1 aromatic carbocycles. The monoisotopic (exact) mass is 279 g/mol. The summed E-state index contributed by atoms with van der Waals surface area (Å²) in [6.45, 7) is 0.213. The lowest BCUT2D eigenvalue weighted by Crippen LogP contribution is -2.17. The van der Waals surface area contributed by atoms with Crippen LogP contribution < -0.4 is 5.32 Å². The van der Waals surface area contributed by atoms with E-state index < -0.39 is 6.08 Å². The molecule has 0 saturated heterocycles. The SMILES string of the molecule is C#CCOCCC(=C(F)F)c1ccc(C(=O)NC)cc1. The number of terminal acetylenes is 1. The van der Waals surface area contributed by atoms with Gasteiger partial charge in [-0.3, -0.25) is 4.79 Å². The van der Waals surface area contributed by atoms with E-state index in [2.05, 4.69) is 11.2 Å². The molecule has 0 aliphatic carbocycles. The van der Waals surface area contributed by atoms with E-state index in [0.717, 1.165) is 0 Å². The Labute approximate surface area is 116 Å². The summed E-state index contributed by atoms with van der Waals surface area (Å²) in [6.07, 6.45) is 3.30. The molecule has 1 amide bonds. The van der Waals surface area contributed by atoms with E-state index in [1.807, 2.05) is 0 Å². The van der Waals surface area contributed by atoms with Crippen LogP contribution in [0.15, 0.2) is 30.3 Å². The number of rotatable bonds is 6. The molecule has 0 saturated carbocycles. The fourth-order valence-corrected chi connectivity index (χ4v) is 1.62. The Morgan fingerprint density at radius 2 is 1.90 bits per heavy atom. The van der Waals surface area contributed by atoms with E-state index in [4.69, 9.17) is 11.2 Å². The molecule has 0 spiro atoms. The van der Waals surface area contributed by atoms with Gasteiger partial charge < -0.3 is 10.1 Å². The normalized spacial score (nSPS) is 9.70. The molecule has 1 N–H and O–H groups in total. The van der Waals surface area contributed by atoms with Crippen molar-refractivity contribution in [3.05, 3.63) is 41.5 Å². The predicted molar refractivity (Wildman–Crippen MR) is 73.2 cm³/mol.